The van der Waals surface area contributed by atoms with Crippen LogP contribution in [0.4, 0.5) is 10.1 Å². The topological polar surface area (TPSA) is 46.9 Å². The quantitative estimate of drug-likeness (QED) is 0.471. The van der Waals surface area contributed by atoms with Crippen LogP contribution >= 0.6 is 35.3 Å². The number of carbonyl (C=O) groups excluding carboxylic acids is 1. The lowest BCUT2D eigenvalue weighted by atomic mass is 10.1. The third kappa shape index (κ3) is 4.38. The zero-order valence-electron chi connectivity index (χ0n) is 14.2. The summed E-state index contributed by atoms with van der Waals surface area (Å²) in [5.41, 5.74) is 3.70. The van der Waals surface area contributed by atoms with E-state index >= 15 is 0 Å². The number of halogens is 1. The predicted octanol–water partition coefficient (Wildman–Crippen LogP) is 5.15. The molecule has 1 aromatic heterocycles. The second-order valence-corrected chi connectivity index (χ2v) is 8.45. The molecule has 0 spiro atoms. The van der Waals surface area contributed by atoms with Gasteiger partial charge in [-0.05, 0) is 67.5 Å². The number of hydrogen-bond donors (Lipinski definition) is 1. The van der Waals surface area contributed by atoms with Crippen molar-refractivity contribution in [2.24, 2.45) is 0 Å². The summed E-state index contributed by atoms with van der Waals surface area (Å²) in [6.07, 6.45) is 0. The largest absolute Gasteiger partial charge is 0.325 e. The van der Waals surface area contributed by atoms with E-state index in [2.05, 4.69) is 10.4 Å². The van der Waals surface area contributed by atoms with Gasteiger partial charge in [-0.15, -0.1) is 5.10 Å². The molecule has 0 saturated carbocycles. The average molecular weight is 406 g/mol. The van der Waals surface area contributed by atoms with Gasteiger partial charge in [-0.2, -0.15) is 0 Å². The summed E-state index contributed by atoms with van der Waals surface area (Å²) in [5, 5.41) is 7.34. The van der Waals surface area contributed by atoms with Crippen LogP contribution in [0.15, 0.2) is 46.8 Å². The number of amides is 1. The molecule has 1 heterocycles. The van der Waals surface area contributed by atoms with Crippen molar-refractivity contribution in [3.05, 3.63) is 63.4 Å². The Balaban J connectivity index is 1.66. The fourth-order valence-corrected chi connectivity index (χ4v) is 4.43. The molecule has 3 rings (SSSR count). The second kappa shape index (κ2) is 8.11. The van der Waals surface area contributed by atoms with Crippen molar-refractivity contribution < 1.29 is 9.18 Å². The van der Waals surface area contributed by atoms with E-state index in [-0.39, 0.29) is 17.5 Å². The van der Waals surface area contributed by atoms with Crippen LogP contribution in [-0.2, 0) is 4.79 Å². The molecule has 0 fully saturated rings. The third-order valence-electron chi connectivity index (χ3n) is 3.81. The van der Waals surface area contributed by atoms with Crippen molar-refractivity contribution in [2.45, 2.75) is 18.2 Å². The van der Waals surface area contributed by atoms with Crippen molar-refractivity contribution >= 4 is 46.9 Å². The lowest BCUT2D eigenvalue weighted by molar-refractivity contribution is -0.113. The highest BCUT2D eigenvalue weighted by atomic mass is 32.2. The molecule has 0 bridgehead atoms. The first-order valence-corrected chi connectivity index (χ1v) is 10.00. The van der Waals surface area contributed by atoms with E-state index in [0.717, 1.165) is 16.8 Å². The van der Waals surface area contributed by atoms with Gasteiger partial charge < -0.3 is 5.32 Å². The van der Waals surface area contributed by atoms with E-state index in [1.54, 1.807) is 16.8 Å². The highest BCUT2D eigenvalue weighted by molar-refractivity contribution is 8.01. The fourth-order valence-electron chi connectivity index (χ4n) is 2.26. The van der Waals surface area contributed by atoms with E-state index in [4.69, 9.17) is 12.2 Å². The van der Waals surface area contributed by atoms with E-state index in [0.29, 0.717) is 14.0 Å². The van der Waals surface area contributed by atoms with E-state index in [1.807, 2.05) is 32.0 Å². The number of benzene rings is 2. The van der Waals surface area contributed by atoms with Gasteiger partial charge in [0, 0.05) is 5.69 Å². The van der Waals surface area contributed by atoms with Crippen molar-refractivity contribution in [3.8, 4) is 5.69 Å². The maximum Gasteiger partial charge on any atom is 0.234 e. The molecule has 0 unspecified atom stereocenters. The number of nitrogens with zero attached hydrogens (tertiary/aromatic N) is 2. The Morgan fingerprint density at radius 2 is 2.00 bits per heavy atom. The molecule has 0 aliphatic heterocycles. The Labute approximate surface area is 164 Å². The summed E-state index contributed by atoms with van der Waals surface area (Å²) in [6.45, 7) is 3.99. The fraction of sp³-hybridized carbons (Fsp3) is 0.167. The van der Waals surface area contributed by atoms with Crippen LogP contribution in [0.5, 0.6) is 0 Å². The zero-order chi connectivity index (χ0) is 18.7. The molecule has 0 aliphatic rings. The maximum atomic E-state index is 13.0. The Morgan fingerprint density at radius 1 is 1.27 bits per heavy atom. The summed E-state index contributed by atoms with van der Waals surface area (Å²) in [6, 6.07) is 11.8. The van der Waals surface area contributed by atoms with Gasteiger partial charge in [-0.1, -0.05) is 35.2 Å². The third-order valence-corrected chi connectivity index (χ3v) is 6.17. The normalized spacial score (nSPS) is 10.7. The Hall–Kier alpha value is -2.03. The van der Waals surface area contributed by atoms with Gasteiger partial charge in [0.2, 0.25) is 5.91 Å². The Bertz CT molecular complexity index is 996. The smallest absolute Gasteiger partial charge is 0.234 e. The Kier molecular flexibility index (Phi) is 5.85. The minimum absolute atomic E-state index is 0.0989. The lowest BCUT2D eigenvalue weighted by Crippen LogP contribution is -2.15. The predicted molar refractivity (Wildman–Crippen MR) is 108 cm³/mol. The highest BCUT2D eigenvalue weighted by Gasteiger charge is 2.11. The van der Waals surface area contributed by atoms with Crippen molar-refractivity contribution in [2.75, 3.05) is 11.1 Å². The SMILES string of the molecule is Cc1cccc(NC(=O)CSc2nn(-c3ccc(F)cc3)c(=S)s2)c1C. The first kappa shape index (κ1) is 18.8. The summed E-state index contributed by atoms with van der Waals surface area (Å²) < 4.78 is 15.9. The molecule has 1 amide bonds. The number of aryl methyl sites for hydroxylation is 1. The molecule has 0 radical (unpaired) electrons. The van der Waals surface area contributed by atoms with Gasteiger partial charge in [0.05, 0.1) is 11.4 Å². The van der Waals surface area contributed by atoms with Gasteiger partial charge in [-0.3, -0.25) is 4.79 Å². The standard InChI is InChI=1S/C18H16FN3OS3/c1-11-4-3-5-15(12(11)2)20-16(23)10-25-17-21-22(18(24)26-17)14-8-6-13(19)7-9-14/h3-9H,10H2,1-2H3,(H,20,23). The minimum atomic E-state index is -0.312. The number of nitrogens with one attached hydrogen (secondary N) is 1. The molecular weight excluding hydrogens is 389 g/mol. The first-order chi connectivity index (χ1) is 12.4. The van der Waals surface area contributed by atoms with Gasteiger partial charge in [0.1, 0.15) is 5.82 Å². The van der Waals surface area contributed by atoms with Crippen molar-refractivity contribution in [1.29, 1.82) is 0 Å². The minimum Gasteiger partial charge on any atom is -0.325 e. The van der Waals surface area contributed by atoms with Crippen LogP contribution in [0.3, 0.4) is 0 Å². The molecule has 134 valence electrons. The number of hydrogen-bond acceptors (Lipinski definition) is 5. The van der Waals surface area contributed by atoms with E-state index in [9.17, 15) is 9.18 Å². The highest BCUT2D eigenvalue weighted by Crippen LogP contribution is 2.25. The maximum absolute atomic E-state index is 13.0. The van der Waals surface area contributed by atoms with Gasteiger partial charge in [0.15, 0.2) is 8.29 Å². The van der Waals surface area contributed by atoms with Crippen LogP contribution in [-0.4, -0.2) is 21.4 Å². The van der Waals surface area contributed by atoms with E-state index < -0.39 is 0 Å². The van der Waals surface area contributed by atoms with Crippen molar-refractivity contribution in [3.63, 3.8) is 0 Å². The molecule has 2 aromatic carbocycles. The first-order valence-electron chi connectivity index (χ1n) is 7.79. The molecular formula is C18H16FN3OS3. The Morgan fingerprint density at radius 3 is 2.73 bits per heavy atom. The zero-order valence-corrected chi connectivity index (χ0v) is 16.6. The lowest BCUT2D eigenvalue weighted by Gasteiger charge is -2.09. The molecule has 0 atom stereocenters. The molecule has 8 heteroatoms. The van der Waals surface area contributed by atoms with Crippen LogP contribution in [0, 0.1) is 23.6 Å². The number of carbonyl (C=O) groups is 1. The van der Waals surface area contributed by atoms with Crippen LogP contribution < -0.4 is 5.32 Å². The number of anilines is 1. The van der Waals surface area contributed by atoms with E-state index in [1.165, 1.54) is 35.2 Å². The average Bonchev–Trinajstić information content (AvgIpc) is 2.99. The van der Waals surface area contributed by atoms with Crippen molar-refractivity contribution in [1.82, 2.24) is 9.78 Å². The summed E-state index contributed by atoms with van der Waals surface area (Å²) >= 11 is 7.96. The van der Waals surface area contributed by atoms with Gasteiger partial charge in [0.25, 0.3) is 0 Å². The molecule has 26 heavy (non-hydrogen) atoms. The second-order valence-electron chi connectivity index (χ2n) is 5.61. The van der Waals surface area contributed by atoms with Gasteiger partial charge in [-0.25, -0.2) is 9.07 Å². The number of aromatic nitrogens is 2. The molecule has 0 saturated heterocycles. The summed E-state index contributed by atoms with van der Waals surface area (Å²) in [7, 11) is 0. The molecule has 3 aromatic rings. The van der Waals surface area contributed by atoms with Gasteiger partial charge >= 0.3 is 0 Å². The molecule has 4 nitrogen and oxygen atoms in total. The molecule has 0 aliphatic carbocycles. The van der Waals surface area contributed by atoms with Crippen LogP contribution in [0.1, 0.15) is 11.1 Å². The number of rotatable bonds is 5. The van der Waals surface area contributed by atoms with Crippen LogP contribution in [0.25, 0.3) is 5.69 Å². The summed E-state index contributed by atoms with van der Waals surface area (Å²) in [4.78, 5) is 12.2. The monoisotopic (exact) mass is 405 g/mol. The summed E-state index contributed by atoms with van der Waals surface area (Å²) in [5.74, 6) is -0.176. The molecule has 1 N–H and O–H groups in total. The van der Waals surface area contributed by atoms with Crippen LogP contribution in [0.2, 0.25) is 0 Å². The number of thioether (sulfide) groups is 1.